The highest BCUT2D eigenvalue weighted by molar-refractivity contribution is 14.1. The lowest BCUT2D eigenvalue weighted by Gasteiger charge is -2.12. The number of carbonyl (C=O) groups excluding carboxylic acids is 1. The van der Waals surface area contributed by atoms with E-state index in [0.717, 1.165) is 20.3 Å². The normalized spacial score (nSPS) is 14.6. The molecule has 28 heavy (non-hydrogen) atoms. The molecule has 0 bridgehead atoms. The van der Waals surface area contributed by atoms with E-state index in [4.69, 9.17) is 14.2 Å². The summed E-state index contributed by atoms with van der Waals surface area (Å²) in [7, 11) is 0. The maximum Gasteiger partial charge on any atom is 0.363 e. The molecular weight excluding hydrogens is 469 g/mol. The van der Waals surface area contributed by atoms with Crippen LogP contribution in [-0.4, -0.2) is 25.1 Å². The van der Waals surface area contributed by atoms with Crippen LogP contribution in [-0.2, 0) is 9.53 Å². The maximum atomic E-state index is 12.2. The van der Waals surface area contributed by atoms with Crippen molar-refractivity contribution in [3.63, 3.8) is 0 Å². The second kappa shape index (κ2) is 9.05. The fraction of sp³-hybridized carbons (Fsp3) is 0.182. The summed E-state index contributed by atoms with van der Waals surface area (Å²) >= 11 is 2.22. The van der Waals surface area contributed by atoms with E-state index in [1.165, 1.54) is 0 Å². The van der Waals surface area contributed by atoms with Crippen molar-refractivity contribution in [1.29, 1.82) is 0 Å². The second-order valence-electron chi connectivity index (χ2n) is 6.23. The Kier molecular flexibility index (Phi) is 6.51. The first kappa shape index (κ1) is 20.1. The van der Waals surface area contributed by atoms with E-state index in [0.29, 0.717) is 30.6 Å². The highest BCUT2D eigenvalue weighted by Crippen LogP contribution is 2.30. The van der Waals surface area contributed by atoms with E-state index < -0.39 is 5.97 Å². The van der Waals surface area contributed by atoms with Gasteiger partial charge in [0, 0.05) is 9.13 Å². The topological polar surface area (TPSA) is 57.1 Å². The molecule has 5 nitrogen and oxygen atoms in total. The molecule has 0 aliphatic carbocycles. The predicted molar refractivity (Wildman–Crippen MR) is 118 cm³/mol. The van der Waals surface area contributed by atoms with Crippen molar-refractivity contribution in [2.75, 3.05) is 13.2 Å². The Morgan fingerprint density at radius 2 is 1.93 bits per heavy atom. The van der Waals surface area contributed by atoms with Crippen LogP contribution in [0.1, 0.15) is 25.0 Å². The number of benzene rings is 2. The lowest BCUT2D eigenvalue weighted by molar-refractivity contribution is -0.129. The zero-order chi connectivity index (χ0) is 20.1. The molecule has 6 heteroatoms. The van der Waals surface area contributed by atoms with Gasteiger partial charge in [0.15, 0.2) is 17.2 Å². The largest absolute Gasteiger partial charge is 0.490 e. The zero-order valence-electron chi connectivity index (χ0n) is 15.7. The smallest absolute Gasteiger partial charge is 0.363 e. The van der Waals surface area contributed by atoms with Crippen molar-refractivity contribution < 1.29 is 19.0 Å². The molecule has 2 aromatic carbocycles. The first-order chi connectivity index (χ1) is 13.5. The van der Waals surface area contributed by atoms with Gasteiger partial charge in [-0.2, -0.15) is 0 Å². The minimum absolute atomic E-state index is 0.242. The maximum absolute atomic E-state index is 12.2. The molecule has 0 amide bonds. The number of esters is 1. The zero-order valence-corrected chi connectivity index (χ0v) is 17.9. The van der Waals surface area contributed by atoms with E-state index in [2.05, 4.69) is 34.2 Å². The molecule has 0 aromatic heterocycles. The van der Waals surface area contributed by atoms with E-state index in [1.54, 1.807) is 6.08 Å². The Morgan fingerprint density at radius 3 is 2.61 bits per heavy atom. The summed E-state index contributed by atoms with van der Waals surface area (Å²) < 4.78 is 17.8. The van der Waals surface area contributed by atoms with Crippen LogP contribution in [0.2, 0.25) is 0 Å². The van der Waals surface area contributed by atoms with Crippen molar-refractivity contribution in [3.8, 4) is 11.5 Å². The number of carbonyl (C=O) groups is 1. The van der Waals surface area contributed by atoms with Crippen molar-refractivity contribution in [3.05, 3.63) is 75.0 Å². The minimum Gasteiger partial charge on any atom is -0.490 e. The summed E-state index contributed by atoms with van der Waals surface area (Å²) in [4.78, 5) is 16.6. The molecule has 2 aromatic rings. The summed E-state index contributed by atoms with van der Waals surface area (Å²) in [6.45, 7) is 8.55. The quantitative estimate of drug-likeness (QED) is 0.238. The molecule has 1 aliphatic heterocycles. The van der Waals surface area contributed by atoms with Crippen LogP contribution >= 0.6 is 22.6 Å². The Labute approximate surface area is 177 Å². The average Bonchev–Trinajstić information content (AvgIpc) is 3.02. The summed E-state index contributed by atoms with van der Waals surface area (Å²) in [6, 6.07) is 13.1. The molecule has 0 unspecified atom stereocenters. The number of aliphatic imine (C=N–C) groups is 1. The first-order valence-corrected chi connectivity index (χ1v) is 9.86. The lowest BCUT2D eigenvalue weighted by atomic mass is 10.1. The lowest BCUT2D eigenvalue weighted by Crippen LogP contribution is -2.05. The van der Waals surface area contributed by atoms with Crippen LogP contribution in [0.15, 0.2) is 65.3 Å². The van der Waals surface area contributed by atoms with Gasteiger partial charge >= 0.3 is 5.97 Å². The van der Waals surface area contributed by atoms with Gasteiger partial charge in [0.25, 0.3) is 0 Å². The van der Waals surface area contributed by atoms with E-state index in [-0.39, 0.29) is 5.70 Å². The van der Waals surface area contributed by atoms with Gasteiger partial charge in [0.2, 0.25) is 5.90 Å². The second-order valence-corrected chi connectivity index (χ2v) is 7.47. The molecule has 1 heterocycles. The molecule has 1 aliphatic rings. The van der Waals surface area contributed by atoms with Gasteiger partial charge in [-0.1, -0.05) is 12.6 Å². The average molecular weight is 489 g/mol. The van der Waals surface area contributed by atoms with Gasteiger partial charge in [-0.25, -0.2) is 9.79 Å². The summed E-state index contributed by atoms with van der Waals surface area (Å²) in [6.07, 6.45) is 1.67. The summed E-state index contributed by atoms with van der Waals surface area (Å²) in [5.41, 5.74) is 2.69. The molecule has 0 atom stereocenters. The Morgan fingerprint density at radius 1 is 1.18 bits per heavy atom. The van der Waals surface area contributed by atoms with Gasteiger partial charge < -0.3 is 14.2 Å². The van der Waals surface area contributed by atoms with Crippen molar-refractivity contribution >= 4 is 40.5 Å². The molecular formula is C22H20INO4. The molecule has 0 saturated heterocycles. The van der Waals surface area contributed by atoms with E-state index in [1.807, 2.05) is 56.3 Å². The fourth-order valence-corrected chi connectivity index (χ4v) is 2.85. The van der Waals surface area contributed by atoms with Crippen LogP contribution in [0.4, 0.5) is 0 Å². The highest BCUT2D eigenvalue weighted by Gasteiger charge is 2.24. The Balaban J connectivity index is 1.87. The van der Waals surface area contributed by atoms with Gasteiger partial charge in [0.1, 0.15) is 6.61 Å². The number of rotatable bonds is 7. The molecule has 0 fully saturated rings. The van der Waals surface area contributed by atoms with Gasteiger partial charge in [-0.05, 0) is 90.0 Å². The Bertz CT molecular complexity index is 961. The van der Waals surface area contributed by atoms with Crippen molar-refractivity contribution in [2.24, 2.45) is 4.99 Å². The van der Waals surface area contributed by atoms with Gasteiger partial charge in [0.05, 0.1) is 6.61 Å². The number of halogens is 1. The highest BCUT2D eigenvalue weighted by atomic mass is 127. The molecule has 0 spiro atoms. The number of ether oxygens (including phenoxy) is 3. The Hall–Kier alpha value is -2.61. The molecule has 0 radical (unpaired) electrons. The first-order valence-electron chi connectivity index (χ1n) is 8.79. The molecule has 0 N–H and O–H groups in total. The fourth-order valence-electron chi connectivity index (χ4n) is 2.49. The number of cyclic esters (lactones) is 1. The molecule has 0 saturated carbocycles. The monoisotopic (exact) mass is 489 g/mol. The van der Waals surface area contributed by atoms with Crippen LogP contribution in [0.3, 0.4) is 0 Å². The van der Waals surface area contributed by atoms with Crippen molar-refractivity contribution in [2.45, 2.75) is 13.8 Å². The van der Waals surface area contributed by atoms with Crippen LogP contribution in [0.25, 0.3) is 6.08 Å². The van der Waals surface area contributed by atoms with Crippen LogP contribution in [0, 0.1) is 3.57 Å². The van der Waals surface area contributed by atoms with E-state index in [9.17, 15) is 4.79 Å². The predicted octanol–water partition coefficient (Wildman–Crippen LogP) is 4.99. The third kappa shape index (κ3) is 5.01. The third-order valence-corrected chi connectivity index (χ3v) is 4.48. The number of hydrogen-bond donors (Lipinski definition) is 0. The van der Waals surface area contributed by atoms with Gasteiger partial charge in [-0.3, -0.25) is 0 Å². The third-order valence-electron chi connectivity index (χ3n) is 3.76. The standard InChI is InChI=1S/C22H20INO4/c1-4-26-20-12-15(5-10-19(20)27-13-14(2)3)11-18-22(25)28-21(24-18)16-6-8-17(23)9-7-16/h5-12H,2,4,13H2,1,3H3/b18-11+. The number of hydrogen-bond acceptors (Lipinski definition) is 5. The summed E-state index contributed by atoms with van der Waals surface area (Å²) in [5, 5.41) is 0. The van der Waals surface area contributed by atoms with Crippen LogP contribution < -0.4 is 9.47 Å². The summed E-state index contributed by atoms with van der Waals surface area (Å²) in [5.74, 6) is 1.06. The SMILES string of the molecule is C=C(C)COc1ccc(/C=C2/N=C(c3ccc(I)cc3)OC2=O)cc1OCC. The molecule has 3 rings (SSSR count). The van der Waals surface area contributed by atoms with Crippen molar-refractivity contribution in [1.82, 2.24) is 0 Å². The van der Waals surface area contributed by atoms with Gasteiger partial charge in [-0.15, -0.1) is 0 Å². The van der Waals surface area contributed by atoms with E-state index >= 15 is 0 Å². The number of nitrogens with zero attached hydrogens (tertiary/aromatic N) is 1. The van der Waals surface area contributed by atoms with Crippen LogP contribution in [0.5, 0.6) is 11.5 Å². The minimum atomic E-state index is -0.478. The molecule has 144 valence electrons.